The summed E-state index contributed by atoms with van der Waals surface area (Å²) in [5.41, 5.74) is 5.15. The molecule has 1 saturated heterocycles. The number of thioether (sulfide) groups is 1. The largest absolute Gasteiger partial charge is 0.508 e. The van der Waals surface area contributed by atoms with Crippen LogP contribution >= 0.6 is 24.4 Å². The molecule has 5 nitrogen and oxygen atoms in total. The van der Waals surface area contributed by atoms with Gasteiger partial charge in [0.25, 0.3) is 5.91 Å². The lowest BCUT2D eigenvalue weighted by atomic mass is 9.99. The van der Waals surface area contributed by atoms with Gasteiger partial charge in [-0.3, -0.25) is 9.69 Å². The average molecular weight is 538 g/mol. The van der Waals surface area contributed by atoms with Crippen LogP contribution < -0.4 is 4.90 Å². The molecule has 1 fully saturated rings. The Morgan fingerprint density at radius 1 is 1.30 bits per heavy atom. The molecule has 37 heavy (non-hydrogen) atoms. The van der Waals surface area contributed by atoms with Crippen molar-refractivity contribution in [1.29, 1.82) is 0 Å². The predicted octanol–water partition coefficient (Wildman–Crippen LogP) is 8.20. The summed E-state index contributed by atoms with van der Waals surface area (Å²) < 4.78 is 0. The maximum Gasteiger partial charge on any atom is 0.268 e. The van der Waals surface area contributed by atoms with Crippen molar-refractivity contribution in [3.63, 3.8) is 0 Å². The number of thiol groups is 1. The van der Waals surface area contributed by atoms with Gasteiger partial charge < -0.3 is 10.0 Å². The van der Waals surface area contributed by atoms with Crippen molar-refractivity contribution in [3.05, 3.63) is 82.9 Å². The molecule has 0 unspecified atom stereocenters. The standard InChI is InChI=1S/C27H33N3O2S2.C3H6/c1-8-17(4)15-30-26(32)25(19(6)29(7)22-11-9-10-12-24(22)33)34-27(30)28-21-14-20(16(2)3)23(31)13-18(21)5;1-3-2/h9-14,16,31,33H,4,8,15H2,1-3,5-7H3;3H,1H2,2H3/b25-19+,28-27?;. The van der Waals surface area contributed by atoms with E-state index in [0.717, 1.165) is 45.1 Å². The van der Waals surface area contributed by atoms with Crippen LogP contribution in [0.25, 0.3) is 0 Å². The van der Waals surface area contributed by atoms with E-state index in [0.29, 0.717) is 16.6 Å². The molecule has 0 bridgehead atoms. The van der Waals surface area contributed by atoms with Crippen LogP contribution in [0.1, 0.15) is 58.1 Å². The third kappa shape index (κ3) is 7.33. The van der Waals surface area contributed by atoms with Gasteiger partial charge in [0.05, 0.1) is 16.3 Å². The monoisotopic (exact) mass is 537 g/mol. The number of amides is 1. The van der Waals surface area contributed by atoms with Gasteiger partial charge in [0.1, 0.15) is 5.75 Å². The quantitative estimate of drug-likeness (QED) is 0.212. The molecule has 7 heteroatoms. The zero-order chi connectivity index (χ0) is 27.9. The Bertz CT molecular complexity index is 1230. The van der Waals surface area contributed by atoms with Crippen LogP contribution in [-0.4, -0.2) is 34.7 Å². The second kappa shape index (κ2) is 13.6. The summed E-state index contributed by atoms with van der Waals surface area (Å²) >= 11 is 5.95. The number of benzene rings is 2. The number of rotatable bonds is 7. The molecule has 1 amide bonds. The number of aromatic hydroxyl groups is 1. The Morgan fingerprint density at radius 3 is 2.49 bits per heavy atom. The van der Waals surface area contributed by atoms with E-state index in [1.54, 1.807) is 17.0 Å². The van der Waals surface area contributed by atoms with Gasteiger partial charge in [0.2, 0.25) is 0 Å². The molecule has 0 aliphatic carbocycles. The van der Waals surface area contributed by atoms with Crippen LogP contribution in [0.5, 0.6) is 5.75 Å². The molecule has 0 atom stereocenters. The van der Waals surface area contributed by atoms with Crippen LogP contribution in [0.15, 0.2) is 81.7 Å². The van der Waals surface area contributed by atoms with Crippen molar-refractivity contribution < 1.29 is 9.90 Å². The summed E-state index contributed by atoms with van der Waals surface area (Å²) in [6, 6.07) is 11.5. The second-order valence-electron chi connectivity index (χ2n) is 9.21. The second-order valence-corrected chi connectivity index (χ2v) is 10.7. The molecular weight excluding hydrogens is 498 g/mol. The van der Waals surface area contributed by atoms with Gasteiger partial charge in [0.15, 0.2) is 5.17 Å². The highest BCUT2D eigenvalue weighted by atomic mass is 32.2. The number of carbonyl (C=O) groups is 1. The number of amidine groups is 1. The maximum atomic E-state index is 13.6. The lowest BCUT2D eigenvalue weighted by molar-refractivity contribution is -0.122. The predicted molar refractivity (Wildman–Crippen MR) is 163 cm³/mol. The van der Waals surface area contributed by atoms with E-state index in [-0.39, 0.29) is 17.6 Å². The van der Waals surface area contributed by atoms with Gasteiger partial charge in [-0.05, 0) is 80.3 Å². The van der Waals surface area contributed by atoms with Crippen molar-refractivity contribution in [1.82, 2.24) is 4.90 Å². The Kier molecular flexibility index (Phi) is 11.1. The molecule has 2 aromatic rings. The first-order valence-corrected chi connectivity index (χ1v) is 13.6. The Labute approximate surface area is 232 Å². The van der Waals surface area contributed by atoms with Crippen molar-refractivity contribution in [3.8, 4) is 5.75 Å². The van der Waals surface area contributed by atoms with Crippen molar-refractivity contribution in [2.45, 2.75) is 58.8 Å². The summed E-state index contributed by atoms with van der Waals surface area (Å²) in [7, 11) is 1.94. The minimum absolute atomic E-state index is 0.0835. The summed E-state index contributed by atoms with van der Waals surface area (Å²) in [6.45, 7) is 19.7. The van der Waals surface area contributed by atoms with Gasteiger partial charge in [-0.2, -0.15) is 0 Å². The maximum absolute atomic E-state index is 13.6. The van der Waals surface area contributed by atoms with E-state index in [9.17, 15) is 9.90 Å². The number of anilines is 1. The number of hydrogen-bond donors (Lipinski definition) is 2. The summed E-state index contributed by atoms with van der Waals surface area (Å²) in [6.07, 6.45) is 2.53. The van der Waals surface area contributed by atoms with Gasteiger partial charge in [0, 0.05) is 24.2 Å². The van der Waals surface area contributed by atoms with Crippen molar-refractivity contribution in [2.75, 3.05) is 18.5 Å². The third-order valence-corrected chi connectivity index (χ3v) is 7.55. The van der Waals surface area contributed by atoms with Gasteiger partial charge in [-0.1, -0.05) is 51.1 Å². The summed E-state index contributed by atoms with van der Waals surface area (Å²) in [5, 5.41) is 11.0. The number of hydrogen-bond acceptors (Lipinski definition) is 6. The Balaban J connectivity index is 0.00000153. The third-order valence-electron chi connectivity index (χ3n) is 6.00. The number of aliphatic imine (C=N–C) groups is 1. The normalized spacial score (nSPS) is 15.5. The van der Waals surface area contributed by atoms with E-state index in [4.69, 9.17) is 4.99 Å². The fraction of sp³-hybridized carbons (Fsp3) is 0.333. The zero-order valence-electron chi connectivity index (χ0n) is 23.0. The molecule has 0 saturated carbocycles. The lowest BCUT2D eigenvalue weighted by Crippen LogP contribution is -2.31. The molecule has 3 rings (SSSR count). The van der Waals surface area contributed by atoms with E-state index >= 15 is 0 Å². The molecule has 1 aliphatic heterocycles. The minimum atomic E-state index is -0.0835. The van der Waals surface area contributed by atoms with Crippen LogP contribution in [0, 0.1) is 6.92 Å². The van der Waals surface area contributed by atoms with Crippen LogP contribution in [0.4, 0.5) is 11.4 Å². The Hall–Kier alpha value is -2.90. The SMILES string of the molecule is C=C(CC)CN1C(=O)/C(=C(/C)N(C)c2ccccc2S)SC1=Nc1cc(C(C)C)c(O)cc1C.C=CC. The first-order valence-electron chi connectivity index (χ1n) is 12.3. The van der Waals surface area contributed by atoms with Crippen molar-refractivity contribution in [2.24, 2.45) is 4.99 Å². The molecule has 2 aromatic carbocycles. The molecule has 1 aliphatic rings. The number of carbonyl (C=O) groups excluding carboxylic acids is 1. The molecule has 0 radical (unpaired) electrons. The molecular formula is C30H39N3O2S2. The van der Waals surface area contributed by atoms with E-state index in [1.165, 1.54) is 11.8 Å². The Morgan fingerprint density at radius 2 is 1.92 bits per heavy atom. The summed E-state index contributed by atoms with van der Waals surface area (Å²) in [5.74, 6) is 0.340. The number of allylic oxidation sites excluding steroid dienone is 2. The number of aryl methyl sites for hydroxylation is 1. The fourth-order valence-corrected chi connectivity index (χ4v) is 5.03. The van der Waals surface area contributed by atoms with Gasteiger partial charge >= 0.3 is 0 Å². The highest BCUT2D eigenvalue weighted by Crippen LogP contribution is 2.39. The smallest absolute Gasteiger partial charge is 0.268 e. The topological polar surface area (TPSA) is 56.1 Å². The van der Waals surface area contributed by atoms with E-state index in [1.807, 2.05) is 83.8 Å². The van der Waals surface area contributed by atoms with Crippen LogP contribution in [0.3, 0.4) is 0 Å². The zero-order valence-corrected chi connectivity index (χ0v) is 24.7. The highest BCUT2D eigenvalue weighted by molar-refractivity contribution is 8.18. The first-order chi connectivity index (χ1) is 17.5. The fourth-order valence-electron chi connectivity index (χ4n) is 3.65. The van der Waals surface area contributed by atoms with E-state index < -0.39 is 0 Å². The molecule has 0 spiro atoms. The first kappa shape index (κ1) is 30.3. The molecule has 0 aromatic heterocycles. The van der Waals surface area contributed by atoms with Crippen LogP contribution in [-0.2, 0) is 4.79 Å². The van der Waals surface area contributed by atoms with Gasteiger partial charge in [-0.25, -0.2) is 4.99 Å². The number of para-hydroxylation sites is 1. The molecule has 198 valence electrons. The van der Waals surface area contributed by atoms with E-state index in [2.05, 4.69) is 25.8 Å². The molecule has 1 heterocycles. The average Bonchev–Trinajstić information content (AvgIpc) is 3.15. The van der Waals surface area contributed by atoms with Gasteiger partial charge in [-0.15, -0.1) is 19.2 Å². The highest BCUT2D eigenvalue weighted by Gasteiger charge is 2.36. The summed E-state index contributed by atoms with van der Waals surface area (Å²) in [4.78, 5) is 23.6. The van der Waals surface area contributed by atoms with Crippen LogP contribution in [0.2, 0.25) is 0 Å². The number of phenols is 1. The number of nitrogens with zero attached hydrogens (tertiary/aromatic N) is 3. The minimum Gasteiger partial charge on any atom is -0.508 e. The van der Waals surface area contributed by atoms with Crippen molar-refractivity contribution >= 4 is 46.8 Å². The lowest BCUT2D eigenvalue weighted by Gasteiger charge is -2.23. The molecule has 1 N–H and O–H groups in total. The number of phenolic OH excluding ortho intramolecular Hbond substituents is 1.